The van der Waals surface area contributed by atoms with Crippen LogP contribution in [0.5, 0.6) is 0 Å². The molecule has 0 aromatic rings. The van der Waals surface area contributed by atoms with Crippen LogP contribution in [0.25, 0.3) is 0 Å². The smallest absolute Gasteiger partial charge is 0.226 e. The number of rotatable bonds is 1. The van der Waals surface area contributed by atoms with Crippen molar-refractivity contribution >= 4 is 5.91 Å². The Hall–Kier alpha value is -0.570. The molecule has 18 heavy (non-hydrogen) atoms. The maximum Gasteiger partial charge on any atom is 0.226 e. The molecule has 0 spiro atoms. The van der Waals surface area contributed by atoms with Crippen LogP contribution in [-0.4, -0.2) is 36.1 Å². The van der Waals surface area contributed by atoms with Crippen molar-refractivity contribution in [3.05, 3.63) is 0 Å². The minimum Gasteiger partial charge on any atom is -0.374 e. The van der Waals surface area contributed by atoms with E-state index in [0.29, 0.717) is 24.0 Å². The number of morpholine rings is 1. The van der Waals surface area contributed by atoms with Crippen LogP contribution in [-0.2, 0) is 9.53 Å². The lowest BCUT2D eigenvalue weighted by molar-refractivity contribution is -0.154. The third kappa shape index (κ3) is 2.42. The molecule has 3 aliphatic rings. The van der Waals surface area contributed by atoms with Gasteiger partial charge in [-0.05, 0) is 25.7 Å². The summed E-state index contributed by atoms with van der Waals surface area (Å²) in [6.45, 7) is 1.58. The van der Waals surface area contributed by atoms with E-state index >= 15 is 0 Å². The Balaban J connectivity index is 1.67. The second-order valence-corrected chi connectivity index (χ2v) is 6.13. The Kier molecular flexibility index (Phi) is 3.88. The highest BCUT2D eigenvalue weighted by Gasteiger charge is 2.38. The van der Waals surface area contributed by atoms with Gasteiger partial charge in [-0.15, -0.1) is 0 Å². The molecule has 3 nitrogen and oxygen atoms in total. The van der Waals surface area contributed by atoms with Crippen molar-refractivity contribution in [3.63, 3.8) is 0 Å². The first kappa shape index (κ1) is 12.5. The maximum absolute atomic E-state index is 12.7. The number of ether oxygens (including phenoxy) is 1. The normalized spacial score (nSPS) is 34.1. The van der Waals surface area contributed by atoms with Gasteiger partial charge in [-0.3, -0.25) is 4.79 Å². The van der Waals surface area contributed by atoms with Crippen LogP contribution in [0, 0.1) is 5.92 Å². The highest BCUT2D eigenvalue weighted by Crippen LogP contribution is 2.32. The van der Waals surface area contributed by atoms with E-state index in [1.165, 1.54) is 32.1 Å². The van der Waals surface area contributed by atoms with Gasteiger partial charge >= 0.3 is 0 Å². The lowest BCUT2D eigenvalue weighted by Gasteiger charge is -2.45. The van der Waals surface area contributed by atoms with Crippen LogP contribution in [0.4, 0.5) is 0 Å². The Labute approximate surface area is 110 Å². The molecule has 1 amide bonds. The van der Waals surface area contributed by atoms with Crippen LogP contribution in [0.1, 0.15) is 57.8 Å². The summed E-state index contributed by atoms with van der Waals surface area (Å²) in [4.78, 5) is 14.9. The van der Waals surface area contributed by atoms with Gasteiger partial charge < -0.3 is 9.64 Å². The van der Waals surface area contributed by atoms with E-state index in [9.17, 15) is 4.79 Å². The summed E-state index contributed by atoms with van der Waals surface area (Å²) in [7, 11) is 0. The summed E-state index contributed by atoms with van der Waals surface area (Å²) in [5, 5.41) is 0. The zero-order valence-corrected chi connectivity index (χ0v) is 11.3. The first-order chi connectivity index (χ1) is 8.86. The van der Waals surface area contributed by atoms with E-state index in [-0.39, 0.29) is 0 Å². The number of amides is 1. The van der Waals surface area contributed by atoms with Gasteiger partial charge in [-0.2, -0.15) is 0 Å². The maximum atomic E-state index is 12.7. The molecule has 3 rings (SSSR count). The van der Waals surface area contributed by atoms with Gasteiger partial charge in [0, 0.05) is 12.5 Å². The van der Waals surface area contributed by atoms with Gasteiger partial charge in [0.1, 0.15) is 0 Å². The van der Waals surface area contributed by atoms with E-state index in [0.717, 1.165) is 38.8 Å². The SMILES string of the molecule is O=C(C1CCCCC1)N1CCO[C@H]2CCCC[C@@H]21. The second-order valence-electron chi connectivity index (χ2n) is 6.13. The average molecular weight is 251 g/mol. The molecular formula is C15H25NO2. The zero-order chi connectivity index (χ0) is 12.4. The molecule has 1 aliphatic heterocycles. The highest BCUT2D eigenvalue weighted by molar-refractivity contribution is 5.79. The molecule has 0 aromatic heterocycles. The predicted octanol–water partition coefficient (Wildman–Crippen LogP) is 2.74. The van der Waals surface area contributed by atoms with Crippen molar-refractivity contribution in [3.8, 4) is 0 Å². The molecule has 0 bridgehead atoms. The van der Waals surface area contributed by atoms with Crippen LogP contribution in [0.15, 0.2) is 0 Å². The topological polar surface area (TPSA) is 29.5 Å². The fourth-order valence-corrected chi connectivity index (χ4v) is 3.95. The molecule has 3 fully saturated rings. The van der Waals surface area contributed by atoms with Gasteiger partial charge in [-0.1, -0.05) is 32.1 Å². The van der Waals surface area contributed by atoms with Gasteiger partial charge in [0.05, 0.1) is 18.8 Å². The van der Waals surface area contributed by atoms with E-state index in [4.69, 9.17) is 4.74 Å². The quantitative estimate of drug-likeness (QED) is 0.717. The number of nitrogens with zero attached hydrogens (tertiary/aromatic N) is 1. The van der Waals surface area contributed by atoms with E-state index in [1.807, 2.05) is 0 Å². The molecule has 1 saturated heterocycles. The van der Waals surface area contributed by atoms with Crippen molar-refractivity contribution < 1.29 is 9.53 Å². The number of carbonyl (C=O) groups excluding carboxylic acids is 1. The third-order valence-corrected chi connectivity index (χ3v) is 4.97. The molecule has 2 saturated carbocycles. The highest BCUT2D eigenvalue weighted by atomic mass is 16.5. The summed E-state index contributed by atoms with van der Waals surface area (Å²) in [6.07, 6.45) is 11.2. The molecule has 0 radical (unpaired) electrons. The summed E-state index contributed by atoms with van der Waals surface area (Å²) >= 11 is 0. The lowest BCUT2D eigenvalue weighted by atomic mass is 9.85. The lowest BCUT2D eigenvalue weighted by Crippen LogP contribution is -2.56. The Morgan fingerprint density at radius 3 is 2.50 bits per heavy atom. The first-order valence-corrected chi connectivity index (χ1v) is 7.78. The third-order valence-electron chi connectivity index (χ3n) is 4.97. The van der Waals surface area contributed by atoms with Gasteiger partial charge in [0.15, 0.2) is 0 Å². The summed E-state index contributed by atoms with van der Waals surface area (Å²) < 4.78 is 5.86. The van der Waals surface area contributed by atoms with Gasteiger partial charge in [0.2, 0.25) is 5.91 Å². The fourth-order valence-electron chi connectivity index (χ4n) is 3.95. The summed E-state index contributed by atoms with van der Waals surface area (Å²) in [6, 6.07) is 0.391. The van der Waals surface area contributed by atoms with Crippen LogP contribution in [0.3, 0.4) is 0 Å². The molecule has 0 unspecified atom stereocenters. The molecule has 2 aliphatic carbocycles. The Bertz CT molecular complexity index is 297. The van der Waals surface area contributed by atoms with Crippen molar-refractivity contribution in [1.29, 1.82) is 0 Å². The van der Waals surface area contributed by atoms with Crippen LogP contribution < -0.4 is 0 Å². The predicted molar refractivity (Wildman–Crippen MR) is 70.3 cm³/mol. The molecular weight excluding hydrogens is 226 g/mol. The number of hydrogen-bond donors (Lipinski definition) is 0. The summed E-state index contributed by atoms with van der Waals surface area (Å²) in [5.41, 5.74) is 0. The van der Waals surface area contributed by atoms with Crippen LogP contribution in [0.2, 0.25) is 0 Å². The average Bonchev–Trinajstić information content (AvgIpc) is 2.47. The van der Waals surface area contributed by atoms with Crippen LogP contribution >= 0.6 is 0 Å². The molecule has 2 atom stereocenters. The molecule has 1 heterocycles. The minimum atomic E-state index is 0.319. The number of hydrogen-bond acceptors (Lipinski definition) is 2. The monoisotopic (exact) mass is 251 g/mol. The van der Waals surface area contributed by atoms with E-state index in [1.54, 1.807) is 0 Å². The summed E-state index contributed by atoms with van der Waals surface area (Å²) in [5.74, 6) is 0.759. The Morgan fingerprint density at radius 1 is 0.944 bits per heavy atom. The number of carbonyl (C=O) groups is 1. The molecule has 0 N–H and O–H groups in total. The van der Waals surface area contributed by atoms with Crippen molar-refractivity contribution in [2.75, 3.05) is 13.2 Å². The van der Waals surface area contributed by atoms with Crippen molar-refractivity contribution in [2.24, 2.45) is 5.92 Å². The fraction of sp³-hybridized carbons (Fsp3) is 0.933. The van der Waals surface area contributed by atoms with E-state index < -0.39 is 0 Å². The Morgan fingerprint density at radius 2 is 1.67 bits per heavy atom. The van der Waals surface area contributed by atoms with Crippen molar-refractivity contribution in [2.45, 2.75) is 69.9 Å². The largest absolute Gasteiger partial charge is 0.374 e. The minimum absolute atomic E-state index is 0.319. The molecule has 102 valence electrons. The molecule has 0 aromatic carbocycles. The first-order valence-electron chi connectivity index (χ1n) is 7.78. The second kappa shape index (κ2) is 5.60. The van der Waals surface area contributed by atoms with Gasteiger partial charge in [-0.25, -0.2) is 0 Å². The van der Waals surface area contributed by atoms with E-state index in [2.05, 4.69) is 4.90 Å². The zero-order valence-electron chi connectivity index (χ0n) is 11.3. The number of fused-ring (bicyclic) bond motifs is 1. The molecule has 3 heteroatoms. The standard InChI is InChI=1S/C15H25NO2/c17-15(12-6-2-1-3-7-12)16-10-11-18-14-9-5-4-8-13(14)16/h12-14H,1-11H2/t13-,14-/m0/s1. The van der Waals surface area contributed by atoms with Gasteiger partial charge in [0.25, 0.3) is 0 Å². The van der Waals surface area contributed by atoms with Crippen molar-refractivity contribution in [1.82, 2.24) is 4.90 Å².